The van der Waals surface area contributed by atoms with Gasteiger partial charge in [-0.2, -0.15) is 0 Å². The summed E-state index contributed by atoms with van der Waals surface area (Å²) in [5.41, 5.74) is 1.38. The lowest BCUT2D eigenvalue weighted by Gasteiger charge is -2.32. The molecule has 2 atom stereocenters. The van der Waals surface area contributed by atoms with Gasteiger partial charge in [-0.15, -0.1) is 0 Å². The Labute approximate surface area is 148 Å². The van der Waals surface area contributed by atoms with Crippen molar-refractivity contribution < 1.29 is 23.8 Å². The van der Waals surface area contributed by atoms with Gasteiger partial charge >= 0.3 is 5.97 Å². The summed E-state index contributed by atoms with van der Waals surface area (Å²) >= 11 is 0. The maximum absolute atomic E-state index is 12.9. The standard InChI is InChI=1S/C19H25NO5/c1-3-24-19(22)14-6-7-16-13(2)20(8-10-25-17(16)11-14)18(21)15-5-4-9-23-12-15/h6-7,11,13,15H,3-5,8-10,12H2,1-2H3/t13-,15-/m0/s1. The van der Waals surface area contributed by atoms with Crippen molar-refractivity contribution in [3.8, 4) is 5.75 Å². The summed E-state index contributed by atoms with van der Waals surface area (Å²) < 4.78 is 16.3. The van der Waals surface area contributed by atoms with E-state index < -0.39 is 0 Å². The van der Waals surface area contributed by atoms with E-state index >= 15 is 0 Å². The van der Waals surface area contributed by atoms with Gasteiger partial charge in [0.2, 0.25) is 5.91 Å². The van der Waals surface area contributed by atoms with Gasteiger partial charge < -0.3 is 19.1 Å². The second kappa shape index (κ2) is 7.87. The van der Waals surface area contributed by atoms with Crippen LogP contribution in [0, 0.1) is 5.92 Å². The number of carbonyl (C=O) groups excluding carboxylic acids is 2. The zero-order chi connectivity index (χ0) is 17.8. The molecule has 0 unspecified atom stereocenters. The van der Waals surface area contributed by atoms with Crippen LogP contribution in [0.25, 0.3) is 0 Å². The van der Waals surface area contributed by atoms with Gasteiger partial charge in [0.1, 0.15) is 12.4 Å². The molecule has 1 amide bonds. The van der Waals surface area contributed by atoms with Crippen LogP contribution in [0.15, 0.2) is 18.2 Å². The van der Waals surface area contributed by atoms with Crippen LogP contribution >= 0.6 is 0 Å². The molecule has 0 bridgehead atoms. The lowest BCUT2D eigenvalue weighted by Crippen LogP contribution is -2.41. The van der Waals surface area contributed by atoms with E-state index in [2.05, 4.69) is 0 Å². The summed E-state index contributed by atoms with van der Waals surface area (Å²) in [6.45, 7) is 6.28. The quantitative estimate of drug-likeness (QED) is 0.786. The molecule has 25 heavy (non-hydrogen) atoms. The highest BCUT2D eigenvalue weighted by molar-refractivity contribution is 5.90. The average molecular weight is 347 g/mol. The van der Waals surface area contributed by atoms with Crippen LogP contribution in [0.1, 0.15) is 48.7 Å². The first-order chi connectivity index (χ1) is 12.1. The minimum atomic E-state index is -0.363. The van der Waals surface area contributed by atoms with E-state index in [1.165, 1.54) is 0 Å². The van der Waals surface area contributed by atoms with Crippen molar-refractivity contribution in [1.82, 2.24) is 4.90 Å². The third-order valence-corrected chi connectivity index (χ3v) is 4.82. The second-order valence-electron chi connectivity index (χ2n) is 6.44. The van der Waals surface area contributed by atoms with Crippen molar-refractivity contribution in [3.05, 3.63) is 29.3 Å². The van der Waals surface area contributed by atoms with E-state index in [0.29, 0.717) is 37.7 Å². The topological polar surface area (TPSA) is 65.1 Å². The number of rotatable bonds is 3. The number of amides is 1. The first-order valence-electron chi connectivity index (χ1n) is 8.94. The summed E-state index contributed by atoms with van der Waals surface area (Å²) in [7, 11) is 0. The Balaban J connectivity index is 1.81. The number of hydrogen-bond donors (Lipinski definition) is 0. The summed E-state index contributed by atoms with van der Waals surface area (Å²) in [5, 5.41) is 0. The normalized spacial score (nSPS) is 23.2. The number of hydrogen-bond acceptors (Lipinski definition) is 5. The average Bonchev–Trinajstić information content (AvgIpc) is 2.80. The Morgan fingerprint density at radius 1 is 1.32 bits per heavy atom. The third-order valence-electron chi connectivity index (χ3n) is 4.82. The van der Waals surface area contributed by atoms with Crippen molar-refractivity contribution in [2.24, 2.45) is 5.92 Å². The Hall–Kier alpha value is -2.08. The smallest absolute Gasteiger partial charge is 0.338 e. The Morgan fingerprint density at radius 3 is 2.88 bits per heavy atom. The molecular weight excluding hydrogens is 322 g/mol. The maximum Gasteiger partial charge on any atom is 0.338 e. The van der Waals surface area contributed by atoms with E-state index in [-0.39, 0.29) is 23.8 Å². The molecule has 1 aromatic carbocycles. The van der Waals surface area contributed by atoms with Gasteiger partial charge in [-0.25, -0.2) is 4.79 Å². The molecule has 1 fully saturated rings. The number of carbonyl (C=O) groups is 2. The van der Waals surface area contributed by atoms with Crippen LogP contribution in [0.2, 0.25) is 0 Å². The molecule has 1 aromatic rings. The van der Waals surface area contributed by atoms with Gasteiger partial charge in [0.15, 0.2) is 0 Å². The van der Waals surface area contributed by atoms with Gasteiger partial charge in [-0.05, 0) is 38.8 Å². The first kappa shape index (κ1) is 17.7. The second-order valence-corrected chi connectivity index (χ2v) is 6.44. The molecule has 0 radical (unpaired) electrons. The fourth-order valence-electron chi connectivity index (χ4n) is 3.43. The monoisotopic (exact) mass is 347 g/mol. The van der Waals surface area contributed by atoms with Gasteiger partial charge in [-0.3, -0.25) is 4.79 Å². The van der Waals surface area contributed by atoms with Crippen LogP contribution in [0.3, 0.4) is 0 Å². The maximum atomic E-state index is 12.9. The minimum Gasteiger partial charge on any atom is -0.491 e. The summed E-state index contributed by atoms with van der Waals surface area (Å²) in [6, 6.07) is 5.19. The van der Waals surface area contributed by atoms with Crippen molar-refractivity contribution in [3.63, 3.8) is 0 Å². The molecule has 1 saturated heterocycles. The molecule has 2 heterocycles. The summed E-state index contributed by atoms with van der Waals surface area (Å²) in [5.74, 6) is 0.334. The molecule has 136 valence electrons. The fourth-order valence-corrected chi connectivity index (χ4v) is 3.43. The summed E-state index contributed by atoms with van der Waals surface area (Å²) in [4.78, 5) is 26.7. The fraction of sp³-hybridized carbons (Fsp3) is 0.579. The highest BCUT2D eigenvalue weighted by Gasteiger charge is 2.32. The van der Waals surface area contributed by atoms with Gasteiger partial charge in [0.25, 0.3) is 0 Å². The van der Waals surface area contributed by atoms with Crippen LogP contribution in [0.5, 0.6) is 5.75 Å². The lowest BCUT2D eigenvalue weighted by molar-refractivity contribution is -0.142. The predicted octanol–water partition coefficient (Wildman–Crippen LogP) is 2.57. The van der Waals surface area contributed by atoms with E-state index in [9.17, 15) is 9.59 Å². The summed E-state index contributed by atoms with van der Waals surface area (Å²) in [6.07, 6.45) is 1.80. The van der Waals surface area contributed by atoms with Gasteiger partial charge in [0, 0.05) is 12.2 Å². The van der Waals surface area contributed by atoms with E-state index in [0.717, 1.165) is 25.0 Å². The molecule has 2 aliphatic rings. The highest BCUT2D eigenvalue weighted by atomic mass is 16.5. The molecule has 0 saturated carbocycles. The third kappa shape index (κ3) is 3.79. The van der Waals surface area contributed by atoms with Crippen molar-refractivity contribution in [2.45, 2.75) is 32.7 Å². The number of ether oxygens (including phenoxy) is 3. The van der Waals surface area contributed by atoms with Crippen LogP contribution in [0.4, 0.5) is 0 Å². The Morgan fingerprint density at radius 2 is 2.16 bits per heavy atom. The van der Waals surface area contributed by atoms with Crippen molar-refractivity contribution >= 4 is 11.9 Å². The number of benzene rings is 1. The number of fused-ring (bicyclic) bond motifs is 1. The van der Waals surface area contributed by atoms with E-state index in [1.54, 1.807) is 19.1 Å². The molecule has 2 aliphatic heterocycles. The van der Waals surface area contributed by atoms with Crippen molar-refractivity contribution in [2.75, 3.05) is 33.0 Å². The molecule has 3 rings (SSSR count). The number of nitrogens with zero attached hydrogens (tertiary/aromatic N) is 1. The SMILES string of the molecule is CCOC(=O)c1ccc2c(c1)OCCN(C(=O)[C@H]1CCCOC1)[C@H]2C. The van der Waals surface area contributed by atoms with E-state index in [1.807, 2.05) is 17.9 Å². The molecule has 0 N–H and O–H groups in total. The Kier molecular flexibility index (Phi) is 5.58. The zero-order valence-electron chi connectivity index (χ0n) is 14.8. The van der Waals surface area contributed by atoms with Crippen LogP contribution in [-0.2, 0) is 14.3 Å². The Bertz CT molecular complexity index is 639. The van der Waals surface area contributed by atoms with Gasteiger partial charge in [-0.1, -0.05) is 6.07 Å². The van der Waals surface area contributed by atoms with Crippen LogP contribution < -0.4 is 4.74 Å². The lowest BCUT2D eigenvalue weighted by atomic mass is 9.98. The molecular formula is C19H25NO5. The van der Waals surface area contributed by atoms with Crippen molar-refractivity contribution in [1.29, 1.82) is 0 Å². The number of esters is 1. The van der Waals surface area contributed by atoms with Gasteiger partial charge in [0.05, 0.1) is 37.3 Å². The van der Waals surface area contributed by atoms with Crippen LogP contribution in [-0.4, -0.2) is 49.7 Å². The zero-order valence-corrected chi connectivity index (χ0v) is 14.8. The molecule has 0 aromatic heterocycles. The predicted molar refractivity (Wildman–Crippen MR) is 91.6 cm³/mol. The minimum absolute atomic E-state index is 0.0726. The largest absolute Gasteiger partial charge is 0.491 e. The molecule has 6 nitrogen and oxygen atoms in total. The molecule has 0 aliphatic carbocycles. The molecule has 6 heteroatoms. The first-order valence-corrected chi connectivity index (χ1v) is 8.94. The molecule has 0 spiro atoms. The van der Waals surface area contributed by atoms with E-state index in [4.69, 9.17) is 14.2 Å². The highest BCUT2D eigenvalue weighted by Crippen LogP contribution is 2.34.